The second-order valence-corrected chi connectivity index (χ2v) is 10.0. The molecule has 1 atom stereocenters. The molecule has 5 heteroatoms. The fraction of sp³-hybridized carbons (Fsp3) is 0.357. The zero-order chi connectivity index (χ0) is 23.6. The second-order valence-electron chi connectivity index (χ2n) is 10.0. The Morgan fingerprint density at radius 1 is 1.03 bits per heavy atom. The summed E-state index contributed by atoms with van der Waals surface area (Å²) in [6, 6.07) is 18.1. The summed E-state index contributed by atoms with van der Waals surface area (Å²) in [6.45, 7) is 6.54. The van der Waals surface area contributed by atoms with Crippen molar-refractivity contribution in [2.45, 2.75) is 45.4 Å². The number of carbonyl (C=O) groups is 1. The lowest BCUT2D eigenvalue weighted by Gasteiger charge is -2.25. The van der Waals surface area contributed by atoms with E-state index >= 15 is 0 Å². The molecule has 0 aliphatic heterocycles. The number of hydrogen-bond acceptors (Lipinski definition) is 4. The van der Waals surface area contributed by atoms with E-state index in [4.69, 9.17) is 4.74 Å². The number of benzene rings is 2. The first kappa shape index (κ1) is 22.8. The van der Waals surface area contributed by atoms with Gasteiger partial charge in [0, 0.05) is 38.0 Å². The molecule has 172 valence electrons. The highest BCUT2D eigenvalue weighted by Crippen LogP contribution is 2.32. The van der Waals surface area contributed by atoms with E-state index in [9.17, 15) is 4.79 Å². The summed E-state index contributed by atoms with van der Waals surface area (Å²) in [5, 5.41) is 3.14. The number of aryl methyl sites for hydroxylation is 1. The van der Waals surface area contributed by atoms with Gasteiger partial charge in [-0.2, -0.15) is 0 Å². The van der Waals surface area contributed by atoms with Gasteiger partial charge in [0.15, 0.2) is 0 Å². The third kappa shape index (κ3) is 5.54. The minimum atomic E-state index is -0.0488. The molecular formula is C28H33N3O2. The zero-order valence-electron chi connectivity index (χ0n) is 20.2. The Morgan fingerprint density at radius 3 is 2.58 bits per heavy atom. The number of ether oxygens (including phenoxy) is 1. The Morgan fingerprint density at radius 2 is 1.82 bits per heavy atom. The number of nitrogens with one attached hydrogen (secondary N) is 1. The Hall–Kier alpha value is -3.34. The molecule has 1 unspecified atom stereocenters. The van der Waals surface area contributed by atoms with Crippen molar-refractivity contribution >= 4 is 17.4 Å². The molecule has 4 rings (SSSR count). The number of pyridine rings is 1. The molecule has 1 aromatic heterocycles. The summed E-state index contributed by atoms with van der Waals surface area (Å²) in [7, 11) is 3.91. The fourth-order valence-corrected chi connectivity index (χ4v) is 4.17. The van der Waals surface area contributed by atoms with Crippen LogP contribution < -0.4 is 15.0 Å². The van der Waals surface area contributed by atoms with Crippen LogP contribution in [-0.2, 0) is 23.1 Å². The van der Waals surface area contributed by atoms with Crippen molar-refractivity contribution in [2.24, 2.45) is 5.92 Å². The average Bonchev–Trinajstić information content (AvgIpc) is 2.78. The number of rotatable bonds is 5. The molecule has 0 spiro atoms. The maximum atomic E-state index is 13.1. The van der Waals surface area contributed by atoms with Crippen LogP contribution in [0.15, 0.2) is 60.8 Å². The Balaban J connectivity index is 1.46. The molecule has 1 heterocycles. The molecule has 2 aromatic carbocycles. The van der Waals surface area contributed by atoms with Crippen molar-refractivity contribution in [3.63, 3.8) is 0 Å². The highest BCUT2D eigenvalue weighted by atomic mass is 16.5. The Labute approximate surface area is 196 Å². The van der Waals surface area contributed by atoms with Crippen molar-refractivity contribution in [1.29, 1.82) is 0 Å². The predicted molar refractivity (Wildman–Crippen MR) is 134 cm³/mol. The maximum Gasteiger partial charge on any atom is 0.227 e. The third-order valence-corrected chi connectivity index (χ3v) is 6.18. The number of anilines is 2. The highest BCUT2D eigenvalue weighted by molar-refractivity contribution is 5.93. The first-order valence-corrected chi connectivity index (χ1v) is 11.5. The molecule has 1 N–H and O–H groups in total. The van der Waals surface area contributed by atoms with Gasteiger partial charge in [0.05, 0.1) is 0 Å². The molecule has 33 heavy (non-hydrogen) atoms. The van der Waals surface area contributed by atoms with E-state index in [-0.39, 0.29) is 17.2 Å². The maximum absolute atomic E-state index is 13.1. The first-order chi connectivity index (χ1) is 15.7. The third-order valence-electron chi connectivity index (χ3n) is 6.18. The highest BCUT2D eigenvalue weighted by Gasteiger charge is 2.25. The van der Waals surface area contributed by atoms with Gasteiger partial charge in [-0.25, -0.2) is 4.98 Å². The lowest BCUT2D eigenvalue weighted by Crippen LogP contribution is -2.28. The summed E-state index contributed by atoms with van der Waals surface area (Å²) in [6.07, 6.45) is 4.22. The summed E-state index contributed by atoms with van der Waals surface area (Å²) >= 11 is 0. The SMILES string of the molecule is CN(C)c1cc(Oc2ccc3c(c2)CC(C(=O)Nc2cccc(C(C)(C)C)c2)CC3)ccn1. The Bertz CT molecular complexity index is 1150. The topological polar surface area (TPSA) is 54.5 Å². The van der Waals surface area contributed by atoms with Crippen LogP contribution in [0.5, 0.6) is 11.5 Å². The fourth-order valence-electron chi connectivity index (χ4n) is 4.17. The number of carbonyl (C=O) groups excluding carboxylic acids is 1. The van der Waals surface area contributed by atoms with Gasteiger partial charge < -0.3 is 15.0 Å². The van der Waals surface area contributed by atoms with E-state index < -0.39 is 0 Å². The molecule has 1 amide bonds. The van der Waals surface area contributed by atoms with Crippen molar-refractivity contribution in [2.75, 3.05) is 24.3 Å². The van der Waals surface area contributed by atoms with Crippen LogP contribution in [0.1, 0.15) is 43.9 Å². The van der Waals surface area contributed by atoms with Crippen molar-refractivity contribution in [3.05, 3.63) is 77.5 Å². The number of hydrogen-bond donors (Lipinski definition) is 1. The van der Waals surface area contributed by atoms with Crippen LogP contribution in [0, 0.1) is 5.92 Å². The lowest BCUT2D eigenvalue weighted by molar-refractivity contribution is -0.120. The van der Waals surface area contributed by atoms with Crippen LogP contribution in [-0.4, -0.2) is 25.0 Å². The van der Waals surface area contributed by atoms with E-state index in [2.05, 4.69) is 55.3 Å². The summed E-state index contributed by atoms with van der Waals surface area (Å²) in [4.78, 5) is 19.3. The van der Waals surface area contributed by atoms with E-state index in [0.29, 0.717) is 0 Å². The lowest BCUT2D eigenvalue weighted by atomic mass is 9.83. The van der Waals surface area contributed by atoms with Gasteiger partial charge in [0.2, 0.25) is 5.91 Å². The number of aromatic nitrogens is 1. The van der Waals surface area contributed by atoms with Crippen LogP contribution >= 0.6 is 0 Å². The van der Waals surface area contributed by atoms with Gasteiger partial charge in [-0.3, -0.25) is 4.79 Å². The smallest absolute Gasteiger partial charge is 0.227 e. The average molecular weight is 444 g/mol. The first-order valence-electron chi connectivity index (χ1n) is 11.5. The van der Waals surface area contributed by atoms with Crippen LogP contribution in [0.3, 0.4) is 0 Å². The quantitative estimate of drug-likeness (QED) is 0.527. The van der Waals surface area contributed by atoms with Gasteiger partial charge in [-0.15, -0.1) is 0 Å². The summed E-state index contributed by atoms with van der Waals surface area (Å²) in [5.74, 6) is 2.41. The number of fused-ring (bicyclic) bond motifs is 1. The van der Waals surface area contributed by atoms with E-state index in [1.165, 1.54) is 16.7 Å². The van der Waals surface area contributed by atoms with E-state index in [1.54, 1.807) is 6.20 Å². The molecule has 5 nitrogen and oxygen atoms in total. The largest absolute Gasteiger partial charge is 0.457 e. The van der Waals surface area contributed by atoms with Gasteiger partial charge >= 0.3 is 0 Å². The standard InChI is InChI=1S/C28H33N3O2/c1-28(2,3)22-7-6-8-23(17-22)30-27(32)20-10-9-19-11-12-24(16-21(19)15-20)33-25-13-14-29-26(18-25)31(4)5/h6-8,11-14,16-18,20H,9-10,15H2,1-5H3,(H,30,32). The van der Waals surface area contributed by atoms with Gasteiger partial charge in [0.1, 0.15) is 17.3 Å². The van der Waals surface area contributed by atoms with Crippen LogP contribution in [0.25, 0.3) is 0 Å². The van der Waals surface area contributed by atoms with Gasteiger partial charge in [0.25, 0.3) is 0 Å². The zero-order valence-corrected chi connectivity index (χ0v) is 20.2. The molecule has 0 bridgehead atoms. The van der Waals surface area contributed by atoms with Crippen LogP contribution in [0.2, 0.25) is 0 Å². The molecule has 0 saturated heterocycles. The molecule has 0 radical (unpaired) electrons. The molecule has 0 fully saturated rings. The summed E-state index contributed by atoms with van der Waals surface area (Å²) < 4.78 is 6.10. The normalized spacial score (nSPS) is 15.5. The van der Waals surface area contributed by atoms with Crippen molar-refractivity contribution in [1.82, 2.24) is 4.98 Å². The molecule has 1 aliphatic carbocycles. The monoisotopic (exact) mass is 443 g/mol. The molecule has 1 aliphatic rings. The summed E-state index contributed by atoms with van der Waals surface area (Å²) in [5.41, 5.74) is 4.60. The van der Waals surface area contributed by atoms with E-state index in [1.807, 2.05) is 49.3 Å². The molecular weight excluding hydrogens is 410 g/mol. The van der Waals surface area contributed by atoms with Gasteiger partial charge in [-0.05, 0) is 71.7 Å². The molecule has 0 saturated carbocycles. The minimum Gasteiger partial charge on any atom is -0.457 e. The van der Waals surface area contributed by atoms with Crippen LogP contribution in [0.4, 0.5) is 11.5 Å². The van der Waals surface area contributed by atoms with E-state index in [0.717, 1.165) is 42.3 Å². The predicted octanol–water partition coefficient (Wildman–Crippen LogP) is 5.98. The molecule has 3 aromatic rings. The number of amides is 1. The van der Waals surface area contributed by atoms with Crippen molar-refractivity contribution in [3.8, 4) is 11.5 Å². The minimum absolute atomic E-state index is 0.0447. The Kier molecular flexibility index (Phi) is 6.41. The number of nitrogens with zero attached hydrogens (tertiary/aromatic N) is 2. The second kappa shape index (κ2) is 9.26. The van der Waals surface area contributed by atoms with Crippen molar-refractivity contribution < 1.29 is 9.53 Å². The van der Waals surface area contributed by atoms with Gasteiger partial charge in [-0.1, -0.05) is 39.0 Å².